The van der Waals surface area contributed by atoms with E-state index in [4.69, 9.17) is 0 Å². The second-order valence-corrected chi connectivity index (χ2v) is 6.41. The normalized spacial score (nSPS) is 21.4. The van der Waals surface area contributed by atoms with Crippen LogP contribution in [0, 0.1) is 18.8 Å². The summed E-state index contributed by atoms with van der Waals surface area (Å²) in [5.41, 5.74) is 2.21. The van der Waals surface area contributed by atoms with E-state index in [0.717, 1.165) is 6.42 Å². The number of hydrogen-bond donors (Lipinski definition) is 1. The number of rotatable bonds is 4. The zero-order chi connectivity index (χ0) is 12.6. The lowest BCUT2D eigenvalue weighted by Crippen LogP contribution is -2.52. The van der Waals surface area contributed by atoms with Crippen molar-refractivity contribution in [2.24, 2.45) is 11.8 Å². The van der Waals surface area contributed by atoms with Gasteiger partial charge >= 0.3 is 0 Å². The van der Waals surface area contributed by atoms with Crippen molar-refractivity contribution in [3.63, 3.8) is 0 Å². The Bertz CT molecular complexity index is 401. The lowest BCUT2D eigenvalue weighted by atomic mass is 9.59. The van der Waals surface area contributed by atoms with Gasteiger partial charge < -0.3 is 5.11 Å². The minimum Gasteiger partial charge on any atom is -0.389 e. The van der Waals surface area contributed by atoms with Crippen LogP contribution in [0.5, 0.6) is 0 Å². The second kappa shape index (κ2) is 4.70. The van der Waals surface area contributed by atoms with Crippen molar-refractivity contribution in [3.8, 4) is 0 Å². The van der Waals surface area contributed by atoms with E-state index < -0.39 is 5.60 Å². The van der Waals surface area contributed by atoms with Crippen molar-refractivity contribution in [1.29, 1.82) is 0 Å². The van der Waals surface area contributed by atoms with Gasteiger partial charge in [-0.25, -0.2) is 0 Å². The van der Waals surface area contributed by atoms with Crippen molar-refractivity contribution in [2.75, 3.05) is 0 Å². The van der Waals surface area contributed by atoms with Gasteiger partial charge in [0.05, 0.1) is 5.60 Å². The highest BCUT2D eigenvalue weighted by molar-refractivity contribution is 5.24. The molecule has 18 heavy (non-hydrogen) atoms. The highest BCUT2D eigenvalue weighted by Gasteiger charge is 2.47. The molecule has 0 heterocycles. The lowest BCUT2D eigenvalue weighted by molar-refractivity contribution is -0.118. The Balaban J connectivity index is 1.80. The van der Waals surface area contributed by atoms with Crippen LogP contribution in [0.2, 0.25) is 0 Å². The molecule has 98 valence electrons. The molecule has 2 aliphatic carbocycles. The summed E-state index contributed by atoms with van der Waals surface area (Å²) in [6.45, 7) is 2.13. The van der Waals surface area contributed by atoms with E-state index in [0.29, 0.717) is 11.8 Å². The number of aliphatic hydroxyl groups is 1. The average Bonchev–Trinajstić information content (AvgIpc) is 2.09. The topological polar surface area (TPSA) is 20.2 Å². The van der Waals surface area contributed by atoms with Gasteiger partial charge in [-0.2, -0.15) is 0 Å². The molecule has 1 nitrogen and oxygen atoms in total. The molecule has 2 aliphatic rings. The van der Waals surface area contributed by atoms with Gasteiger partial charge in [-0.3, -0.25) is 0 Å². The Morgan fingerprint density at radius 3 is 2.17 bits per heavy atom. The Morgan fingerprint density at radius 1 is 1.11 bits per heavy atom. The van der Waals surface area contributed by atoms with Gasteiger partial charge in [0.2, 0.25) is 0 Å². The fourth-order valence-corrected chi connectivity index (χ4v) is 3.59. The van der Waals surface area contributed by atoms with Gasteiger partial charge in [-0.15, -0.1) is 0 Å². The highest BCUT2D eigenvalue weighted by atomic mass is 16.3. The SMILES string of the molecule is Cc1cccc(CC(O)(C2CCC2)C2CCC2)c1. The minimum atomic E-state index is -0.412. The van der Waals surface area contributed by atoms with Crippen molar-refractivity contribution < 1.29 is 5.11 Å². The maximum Gasteiger partial charge on any atom is 0.0743 e. The fourth-order valence-electron chi connectivity index (χ4n) is 3.59. The quantitative estimate of drug-likeness (QED) is 0.852. The van der Waals surface area contributed by atoms with Crippen LogP contribution in [0.1, 0.15) is 49.7 Å². The van der Waals surface area contributed by atoms with Crippen LogP contribution in [0.25, 0.3) is 0 Å². The number of benzene rings is 1. The highest BCUT2D eigenvalue weighted by Crippen LogP contribution is 2.48. The summed E-state index contributed by atoms with van der Waals surface area (Å²) >= 11 is 0. The third-order valence-electron chi connectivity index (χ3n) is 5.19. The maximum absolute atomic E-state index is 11.2. The second-order valence-electron chi connectivity index (χ2n) is 6.41. The molecular formula is C17H24O. The van der Waals surface area contributed by atoms with Gasteiger partial charge in [-0.05, 0) is 50.0 Å². The summed E-state index contributed by atoms with van der Waals surface area (Å²) in [5, 5.41) is 11.2. The molecule has 1 N–H and O–H groups in total. The van der Waals surface area contributed by atoms with Crippen LogP contribution in [-0.2, 0) is 6.42 Å². The fraction of sp³-hybridized carbons (Fsp3) is 0.647. The van der Waals surface area contributed by atoms with Crippen molar-refractivity contribution in [1.82, 2.24) is 0 Å². The molecule has 1 aromatic rings. The van der Waals surface area contributed by atoms with Gasteiger partial charge in [0.1, 0.15) is 0 Å². The Labute approximate surface area is 110 Å². The first kappa shape index (κ1) is 12.2. The van der Waals surface area contributed by atoms with Crippen LogP contribution in [0.4, 0.5) is 0 Å². The predicted octanol–water partition coefficient (Wildman–Crippen LogP) is 3.87. The molecule has 0 aromatic heterocycles. The van der Waals surface area contributed by atoms with E-state index in [1.807, 2.05) is 0 Å². The molecule has 2 fully saturated rings. The summed E-state index contributed by atoms with van der Waals surface area (Å²) in [5.74, 6) is 1.12. The summed E-state index contributed by atoms with van der Waals surface area (Å²) in [6.07, 6.45) is 8.43. The average molecular weight is 244 g/mol. The Kier molecular flexibility index (Phi) is 3.19. The predicted molar refractivity (Wildman–Crippen MR) is 74.5 cm³/mol. The summed E-state index contributed by atoms with van der Waals surface area (Å²) in [4.78, 5) is 0. The van der Waals surface area contributed by atoms with Gasteiger partial charge in [0.15, 0.2) is 0 Å². The molecule has 0 spiro atoms. The Morgan fingerprint density at radius 2 is 1.72 bits per heavy atom. The summed E-state index contributed by atoms with van der Waals surface area (Å²) in [6, 6.07) is 8.67. The van der Waals surface area contributed by atoms with E-state index in [2.05, 4.69) is 31.2 Å². The van der Waals surface area contributed by atoms with Crippen molar-refractivity contribution >= 4 is 0 Å². The van der Waals surface area contributed by atoms with E-state index in [1.54, 1.807) is 0 Å². The molecule has 0 bridgehead atoms. The zero-order valence-electron chi connectivity index (χ0n) is 11.4. The van der Waals surface area contributed by atoms with Gasteiger partial charge in [0, 0.05) is 6.42 Å². The van der Waals surface area contributed by atoms with E-state index in [1.165, 1.54) is 49.7 Å². The number of aryl methyl sites for hydroxylation is 1. The molecule has 0 saturated heterocycles. The first-order chi connectivity index (χ1) is 8.68. The van der Waals surface area contributed by atoms with Crippen molar-refractivity contribution in [2.45, 2.75) is 57.5 Å². The molecule has 0 unspecified atom stereocenters. The third kappa shape index (κ3) is 2.09. The smallest absolute Gasteiger partial charge is 0.0743 e. The first-order valence-corrected chi connectivity index (χ1v) is 7.46. The van der Waals surface area contributed by atoms with Gasteiger partial charge in [-0.1, -0.05) is 42.7 Å². The van der Waals surface area contributed by atoms with E-state index in [-0.39, 0.29) is 0 Å². The van der Waals surface area contributed by atoms with Crippen LogP contribution in [-0.4, -0.2) is 10.7 Å². The molecular weight excluding hydrogens is 220 g/mol. The molecule has 3 rings (SSSR count). The Hall–Kier alpha value is -0.820. The third-order valence-corrected chi connectivity index (χ3v) is 5.19. The molecule has 1 heteroatoms. The van der Waals surface area contributed by atoms with Crippen LogP contribution in [0.3, 0.4) is 0 Å². The molecule has 0 amide bonds. The van der Waals surface area contributed by atoms with Crippen molar-refractivity contribution in [3.05, 3.63) is 35.4 Å². The maximum atomic E-state index is 11.2. The molecule has 0 atom stereocenters. The zero-order valence-corrected chi connectivity index (χ0v) is 11.4. The van der Waals surface area contributed by atoms with E-state index >= 15 is 0 Å². The molecule has 2 saturated carbocycles. The largest absolute Gasteiger partial charge is 0.389 e. The lowest BCUT2D eigenvalue weighted by Gasteiger charge is -2.50. The molecule has 1 aromatic carbocycles. The van der Waals surface area contributed by atoms with Crippen LogP contribution < -0.4 is 0 Å². The van der Waals surface area contributed by atoms with Gasteiger partial charge in [0.25, 0.3) is 0 Å². The summed E-state index contributed by atoms with van der Waals surface area (Å²) in [7, 11) is 0. The summed E-state index contributed by atoms with van der Waals surface area (Å²) < 4.78 is 0. The van der Waals surface area contributed by atoms with Crippen LogP contribution >= 0.6 is 0 Å². The van der Waals surface area contributed by atoms with E-state index in [9.17, 15) is 5.11 Å². The first-order valence-electron chi connectivity index (χ1n) is 7.46. The van der Waals surface area contributed by atoms with Crippen LogP contribution in [0.15, 0.2) is 24.3 Å². The molecule has 0 radical (unpaired) electrons. The number of hydrogen-bond acceptors (Lipinski definition) is 1. The monoisotopic (exact) mass is 244 g/mol. The standard InChI is InChI=1S/C17H24O/c1-13-5-2-6-14(11-13)12-17(18,15-7-3-8-15)16-9-4-10-16/h2,5-6,11,15-16,18H,3-4,7-10,12H2,1H3. The minimum absolute atomic E-state index is 0.412. The molecule has 0 aliphatic heterocycles.